The number of esters is 1. The maximum absolute atomic E-state index is 13.3. The average Bonchev–Trinajstić information content (AvgIpc) is 3.09. The Balaban J connectivity index is 1.58. The molecule has 0 radical (unpaired) electrons. The van der Waals surface area contributed by atoms with Crippen LogP contribution < -0.4 is 9.47 Å². The predicted octanol–water partition coefficient (Wildman–Crippen LogP) is 7.47. The van der Waals surface area contributed by atoms with E-state index in [1.165, 1.54) is 25.3 Å². The molecule has 0 aliphatic carbocycles. The zero-order valence-corrected chi connectivity index (χ0v) is 23.1. The van der Waals surface area contributed by atoms with Gasteiger partial charge in [0.25, 0.3) is 11.1 Å². The number of benzene rings is 3. The lowest BCUT2D eigenvalue weighted by Crippen LogP contribution is -2.27. The van der Waals surface area contributed by atoms with Crippen LogP contribution in [0.1, 0.15) is 21.5 Å². The average molecular weight is 656 g/mol. The molecule has 0 N–H and O–H groups in total. The van der Waals surface area contributed by atoms with Gasteiger partial charge >= 0.3 is 5.97 Å². The lowest BCUT2D eigenvalue weighted by Gasteiger charge is -2.14. The summed E-state index contributed by atoms with van der Waals surface area (Å²) in [5.41, 5.74) is 1.32. The Kier molecular flexibility index (Phi) is 8.19. The fourth-order valence-electron chi connectivity index (χ4n) is 3.30. The van der Waals surface area contributed by atoms with Crippen molar-refractivity contribution in [2.45, 2.75) is 6.54 Å². The second-order valence-corrected chi connectivity index (χ2v) is 10.5. The molecule has 1 heterocycles. The molecule has 36 heavy (non-hydrogen) atoms. The Hall–Kier alpha value is -2.66. The van der Waals surface area contributed by atoms with E-state index in [-0.39, 0.29) is 28.0 Å². The number of rotatable bonds is 6. The van der Waals surface area contributed by atoms with Crippen molar-refractivity contribution in [3.8, 4) is 11.5 Å². The summed E-state index contributed by atoms with van der Waals surface area (Å²) in [5.74, 6) is -1.20. The van der Waals surface area contributed by atoms with Crippen LogP contribution in [0.25, 0.3) is 6.08 Å². The zero-order chi connectivity index (χ0) is 26.0. The van der Waals surface area contributed by atoms with Crippen LogP contribution >= 0.6 is 55.2 Å². The van der Waals surface area contributed by atoms with Crippen LogP contribution in [0.15, 0.2) is 68.4 Å². The standard InChI is InChI=1S/C25H15Br2ClFNO5S/c1-34-20-9-13(8-18(27)22(20)35-24(32)16-4-2-3-5-17(16)26)10-21-23(31)30(25(33)36-21)12-14-6-7-15(29)11-19(14)28/h2-11H,12H2,1H3/b21-10-. The first-order valence-electron chi connectivity index (χ1n) is 10.2. The third-order valence-electron chi connectivity index (χ3n) is 5.06. The summed E-state index contributed by atoms with van der Waals surface area (Å²) in [6.07, 6.45) is 1.53. The van der Waals surface area contributed by atoms with Crippen molar-refractivity contribution < 1.29 is 28.2 Å². The summed E-state index contributed by atoms with van der Waals surface area (Å²) in [7, 11) is 1.42. The number of methoxy groups -OCH3 is 1. The maximum atomic E-state index is 13.3. The van der Waals surface area contributed by atoms with Gasteiger partial charge < -0.3 is 9.47 Å². The highest BCUT2D eigenvalue weighted by atomic mass is 79.9. The zero-order valence-electron chi connectivity index (χ0n) is 18.4. The van der Waals surface area contributed by atoms with E-state index >= 15 is 0 Å². The van der Waals surface area contributed by atoms with Crippen LogP contribution in [-0.4, -0.2) is 29.1 Å². The summed E-state index contributed by atoms with van der Waals surface area (Å²) in [5, 5.41) is -0.351. The number of ether oxygens (including phenoxy) is 2. The number of halogens is 4. The molecule has 0 spiro atoms. The molecule has 1 aliphatic heterocycles. The van der Waals surface area contributed by atoms with Crippen molar-refractivity contribution >= 4 is 78.4 Å². The summed E-state index contributed by atoms with van der Waals surface area (Å²) < 4.78 is 25.3. The highest BCUT2D eigenvalue weighted by Gasteiger charge is 2.35. The van der Waals surface area contributed by atoms with Crippen molar-refractivity contribution in [3.05, 3.63) is 96.0 Å². The van der Waals surface area contributed by atoms with Crippen LogP contribution in [-0.2, 0) is 11.3 Å². The van der Waals surface area contributed by atoms with Gasteiger partial charge in [0, 0.05) is 9.50 Å². The van der Waals surface area contributed by atoms with Crippen molar-refractivity contribution in [2.75, 3.05) is 7.11 Å². The number of hydrogen-bond acceptors (Lipinski definition) is 6. The fourth-order valence-corrected chi connectivity index (χ4v) is 5.36. The molecular formula is C25H15Br2ClFNO5S. The van der Waals surface area contributed by atoms with Gasteiger partial charge in [-0.3, -0.25) is 14.5 Å². The van der Waals surface area contributed by atoms with Gasteiger partial charge in [-0.15, -0.1) is 0 Å². The minimum Gasteiger partial charge on any atom is -0.493 e. The smallest absolute Gasteiger partial charge is 0.344 e. The number of carbonyl (C=O) groups is 3. The van der Waals surface area contributed by atoms with Gasteiger partial charge in [-0.05, 0) is 97.2 Å². The number of imide groups is 1. The summed E-state index contributed by atoms with van der Waals surface area (Å²) >= 11 is 13.5. The molecular weight excluding hydrogens is 641 g/mol. The van der Waals surface area contributed by atoms with Crippen LogP contribution in [0.3, 0.4) is 0 Å². The number of thioether (sulfide) groups is 1. The van der Waals surface area contributed by atoms with E-state index in [0.717, 1.165) is 22.7 Å². The molecule has 1 saturated heterocycles. The molecule has 0 bridgehead atoms. The highest BCUT2D eigenvalue weighted by Crippen LogP contribution is 2.40. The first-order chi connectivity index (χ1) is 17.2. The Morgan fingerprint density at radius 2 is 1.86 bits per heavy atom. The Bertz CT molecular complexity index is 1430. The number of hydrogen-bond donors (Lipinski definition) is 0. The molecule has 1 fully saturated rings. The van der Waals surface area contributed by atoms with E-state index < -0.39 is 22.9 Å². The third kappa shape index (κ3) is 5.67. The van der Waals surface area contributed by atoms with Gasteiger partial charge in [0.1, 0.15) is 5.82 Å². The van der Waals surface area contributed by atoms with E-state index in [1.54, 1.807) is 36.4 Å². The molecule has 3 aromatic rings. The van der Waals surface area contributed by atoms with Gasteiger partial charge in [-0.1, -0.05) is 29.8 Å². The molecule has 6 nitrogen and oxygen atoms in total. The van der Waals surface area contributed by atoms with E-state index in [2.05, 4.69) is 31.9 Å². The topological polar surface area (TPSA) is 72.9 Å². The van der Waals surface area contributed by atoms with Crippen LogP contribution in [0.5, 0.6) is 11.5 Å². The van der Waals surface area contributed by atoms with E-state index in [9.17, 15) is 18.8 Å². The molecule has 0 saturated carbocycles. The fraction of sp³-hybridized carbons (Fsp3) is 0.0800. The van der Waals surface area contributed by atoms with E-state index in [4.69, 9.17) is 21.1 Å². The number of amides is 2. The van der Waals surface area contributed by atoms with Crippen molar-refractivity contribution in [1.82, 2.24) is 4.90 Å². The van der Waals surface area contributed by atoms with E-state index in [0.29, 0.717) is 25.6 Å². The molecule has 0 aromatic heterocycles. The monoisotopic (exact) mass is 653 g/mol. The molecule has 184 valence electrons. The number of carbonyl (C=O) groups excluding carboxylic acids is 3. The summed E-state index contributed by atoms with van der Waals surface area (Å²) in [6, 6.07) is 13.8. The summed E-state index contributed by atoms with van der Waals surface area (Å²) in [6.45, 7) is -0.0852. The second kappa shape index (κ2) is 11.2. The maximum Gasteiger partial charge on any atom is 0.344 e. The second-order valence-electron chi connectivity index (χ2n) is 7.41. The lowest BCUT2D eigenvalue weighted by molar-refractivity contribution is -0.123. The normalized spacial score (nSPS) is 14.5. The first kappa shape index (κ1) is 26.4. The molecule has 2 amide bonds. The molecule has 3 aromatic carbocycles. The van der Waals surface area contributed by atoms with Crippen molar-refractivity contribution in [3.63, 3.8) is 0 Å². The molecule has 1 aliphatic rings. The number of nitrogens with zero attached hydrogens (tertiary/aromatic N) is 1. The minimum atomic E-state index is -0.588. The first-order valence-corrected chi connectivity index (χ1v) is 13.0. The quantitative estimate of drug-likeness (QED) is 0.156. The SMILES string of the molecule is COc1cc(/C=C2\SC(=O)N(Cc3ccc(F)cc3Cl)C2=O)cc(Br)c1OC(=O)c1ccccc1Br. The van der Waals surface area contributed by atoms with E-state index in [1.807, 2.05) is 0 Å². The molecule has 0 atom stereocenters. The molecule has 0 unspecified atom stereocenters. The molecule has 11 heteroatoms. The van der Waals surface area contributed by atoms with Gasteiger partial charge in [0.05, 0.1) is 28.6 Å². The van der Waals surface area contributed by atoms with Crippen LogP contribution in [0.2, 0.25) is 5.02 Å². The molecule has 4 rings (SSSR count). The third-order valence-corrected chi connectivity index (χ3v) is 7.60. The van der Waals surface area contributed by atoms with Gasteiger partial charge in [-0.2, -0.15) is 0 Å². The van der Waals surface area contributed by atoms with Gasteiger partial charge in [-0.25, -0.2) is 9.18 Å². The van der Waals surface area contributed by atoms with Gasteiger partial charge in [0.2, 0.25) is 0 Å². The summed E-state index contributed by atoms with van der Waals surface area (Å²) in [4.78, 5) is 39.3. The Morgan fingerprint density at radius 1 is 1.11 bits per heavy atom. The lowest BCUT2D eigenvalue weighted by atomic mass is 10.1. The van der Waals surface area contributed by atoms with Gasteiger partial charge in [0.15, 0.2) is 11.5 Å². The van der Waals surface area contributed by atoms with Crippen LogP contribution in [0, 0.1) is 5.82 Å². The largest absolute Gasteiger partial charge is 0.493 e. The Morgan fingerprint density at radius 3 is 2.56 bits per heavy atom. The highest BCUT2D eigenvalue weighted by molar-refractivity contribution is 9.10. The van der Waals surface area contributed by atoms with Crippen LogP contribution in [0.4, 0.5) is 9.18 Å². The van der Waals surface area contributed by atoms with Crippen molar-refractivity contribution in [1.29, 1.82) is 0 Å². The minimum absolute atomic E-state index is 0.0852. The van der Waals surface area contributed by atoms with Crippen molar-refractivity contribution in [2.24, 2.45) is 0 Å². The Labute approximate surface area is 231 Å². The predicted molar refractivity (Wildman–Crippen MR) is 143 cm³/mol.